The van der Waals surface area contributed by atoms with Crippen molar-refractivity contribution in [1.29, 1.82) is 0 Å². The second kappa shape index (κ2) is 8.05. The molecule has 0 aromatic heterocycles. The van der Waals surface area contributed by atoms with Crippen LogP contribution in [0.4, 0.5) is 0 Å². The summed E-state index contributed by atoms with van der Waals surface area (Å²) in [5.41, 5.74) is 0.305. The van der Waals surface area contributed by atoms with Crippen molar-refractivity contribution in [3.63, 3.8) is 0 Å². The summed E-state index contributed by atoms with van der Waals surface area (Å²) in [5.74, 6) is 1.17. The third kappa shape index (κ3) is 6.10. The van der Waals surface area contributed by atoms with E-state index in [1.54, 1.807) is 0 Å². The highest BCUT2D eigenvalue weighted by molar-refractivity contribution is 8.13. The molecule has 1 aliphatic rings. The van der Waals surface area contributed by atoms with Crippen LogP contribution in [0.5, 0.6) is 0 Å². The third-order valence-electron chi connectivity index (χ3n) is 3.12. The maximum absolute atomic E-state index is 5.52. The van der Waals surface area contributed by atoms with Gasteiger partial charge in [-0.2, -0.15) is 0 Å². The number of ether oxygens (including phenoxy) is 1. The molecule has 3 nitrogen and oxygen atoms in total. The van der Waals surface area contributed by atoms with Crippen LogP contribution in [0.15, 0.2) is 4.99 Å². The smallest absolute Gasteiger partial charge is 0.156 e. The number of unbranched alkanes of at least 4 members (excludes halogenated alkanes) is 1. The summed E-state index contributed by atoms with van der Waals surface area (Å²) in [6.45, 7) is 11.4. The Morgan fingerprint density at radius 1 is 1.39 bits per heavy atom. The van der Waals surface area contributed by atoms with Gasteiger partial charge in [-0.15, -0.1) is 0 Å². The molecule has 1 atom stereocenters. The molecule has 0 aromatic carbocycles. The molecule has 0 aromatic rings. The predicted molar refractivity (Wildman–Crippen MR) is 81.5 cm³/mol. The predicted octanol–water partition coefficient (Wildman–Crippen LogP) is 3.30. The van der Waals surface area contributed by atoms with Gasteiger partial charge in [-0.25, -0.2) is 0 Å². The van der Waals surface area contributed by atoms with Crippen molar-refractivity contribution >= 4 is 16.9 Å². The Balaban J connectivity index is 2.24. The normalized spacial score (nSPS) is 23.1. The number of hydrogen-bond donors (Lipinski definition) is 1. The summed E-state index contributed by atoms with van der Waals surface area (Å²) in [6, 6.07) is 0.540. The van der Waals surface area contributed by atoms with Crippen molar-refractivity contribution in [2.75, 3.05) is 25.5 Å². The van der Waals surface area contributed by atoms with Crippen molar-refractivity contribution in [3.05, 3.63) is 0 Å². The summed E-state index contributed by atoms with van der Waals surface area (Å²) >= 11 is 1.83. The minimum Gasteiger partial charge on any atom is -0.380 e. The van der Waals surface area contributed by atoms with E-state index in [-0.39, 0.29) is 0 Å². The molecule has 1 N–H and O–H groups in total. The topological polar surface area (TPSA) is 33.6 Å². The van der Waals surface area contributed by atoms with Crippen LogP contribution in [0.1, 0.15) is 47.0 Å². The molecule has 1 fully saturated rings. The molecule has 106 valence electrons. The lowest BCUT2D eigenvalue weighted by atomic mass is 9.85. The molecule has 0 aliphatic carbocycles. The lowest BCUT2D eigenvalue weighted by Crippen LogP contribution is -2.46. The Hall–Kier alpha value is -0.220. The highest BCUT2D eigenvalue weighted by atomic mass is 32.2. The second-order valence-electron chi connectivity index (χ2n) is 5.85. The van der Waals surface area contributed by atoms with E-state index in [0.29, 0.717) is 11.5 Å². The van der Waals surface area contributed by atoms with E-state index < -0.39 is 0 Å². The molecule has 0 radical (unpaired) electrons. The number of amidine groups is 1. The molecule has 1 rings (SSSR count). The highest BCUT2D eigenvalue weighted by Crippen LogP contribution is 2.27. The number of thioether (sulfide) groups is 1. The van der Waals surface area contributed by atoms with Crippen LogP contribution in [0.25, 0.3) is 0 Å². The second-order valence-corrected chi connectivity index (χ2v) is 6.94. The van der Waals surface area contributed by atoms with Crippen molar-refractivity contribution in [3.8, 4) is 0 Å². The Kier molecular flexibility index (Phi) is 7.08. The summed E-state index contributed by atoms with van der Waals surface area (Å²) in [4.78, 5) is 4.59. The number of nitrogens with zero attached hydrogens (tertiary/aromatic N) is 1. The van der Waals surface area contributed by atoms with Crippen LogP contribution in [0.3, 0.4) is 0 Å². The summed E-state index contributed by atoms with van der Waals surface area (Å²) in [5, 5.41) is 4.65. The molecule has 0 bridgehead atoms. The van der Waals surface area contributed by atoms with Gasteiger partial charge >= 0.3 is 0 Å². The number of rotatable bonds is 6. The van der Waals surface area contributed by atoms with E-state index in [9.17, 15) is 0 Å². The first-order chi connectivity index (χ1) is 8.54. The Morgan fingerprint density at radius 3 is 2.83 bits per heavy atom. The van der Waals surface area contributed by atoms with Crippen molar-refractivity contribution in [2.24, 2.45) is 10.4 Å². The fourth-order valence-corrected chi connectivity index (χ4v) is 2.79. The van der Waals surface area contributed by atoms with Gasteiger partial charge in [-0.1, -0.05) is 45.9 Å². The SMILES string of the molecule is CCCCOCCN=C1NC(C(C)(C)C)CCS1. The Bertz CT molecular complexity index is 261. The standard InChI is InChI=1S/C14H28N2OS/c1-5-6-9-17-10-8-15-13-16-12(7-11-18-13)14(2,3)4/h12H,5-11H2,1-4H3,(H,15,16). The summed E-state index contributed by atoms with van der Waals surface area (Å²) < 4.78 is 5.52. The molecular formula is C14H28N2OS. The molecule has 1 saturated heterocycles. The molecule has 4 heteroatoms. The maximum Gasteiger partial charge on any atom is 0.156 e. The fourth-order valence-electron chi connectivity index (χ4n) is 1.84. The van der Waals surface area contributed by atoms with Crippen LogP contribution in [0, 0.1) is 5.41 Å². The highest BCUT2D eigenvalue weighted by Gasteiger charge is 2.28. The lowest BCUT2D eigenvalue weighted by Gasteiger charge is -2.35. The van der Waals surface area contributed by atoms with E-state index in [1.807, 2.05) is 11.8 Å². The molecule has 0 amide bonds. The minimum absolute atomic E-state index is 0.305. The van der Waals surface area contributed by atoms with Gasteiger partial charge in [0.1, 0.15) is 0 Å². The van der Waals surface area contributed by atoms with E-state index in [1.165, 1.54) is 18.6 Å². The quantitative estimate of drug-likeness (QED) is 0.753. The zero-order valence-electron chi connectivity index (χ0n) is 12.3. The largest absolute Gasteiger partial charge is 0.380 e. The molecule has 1 heterocycles. The van der Waals surface area contributed by atoms with Crippen molar-refractivity contribution < 1.29 is 4.74 Å². The van der Waals surface area contributed by atoms with Crippen LogP contribution in [-0.4, -0.2) is 36.7 Å². The van der Waals surface area contributed by atoms with Crippen LogP contribution in [-0.2, 0) is 4.74 Å². The third-order valence-corrected chi connectivity index (χ3v) is 4.08. The van der Waals surface area contributed by atoms with E-state index in [2.05, 4.69) is 38.0 Å². The Morgan fingerprint density at radius 2 is 2.17 bits per heavy atom. The summed E-state index contributed by atoms with van der Waals surface area (Å²) in [6.07, 6.45) is 3.56. The Labute approximate surface area is 116 Å². The van der Waals surface area contributed by atoms with Gasteiger partial charge < -0.3 is 10.1 Å². The summed E-state index contributed by atoms with van der Waals surface area (Å²) in [7, 11) is 0. The zero-order chi connectivity index (χ0) is 13.4. The minimum atomic E-state index is 0.305. The molecule has 18 heavy (non-hydrogen) atoms. The average Bonchev–Trinajstić information content (AvgIpc) is 2.33. The van der Waals surface area contributed by atoms with Gasteiger partial charge in [0.25, 0.3) is 0 Å². The van der Waals surface area contributed by atoms with Gasteiger partial charge in [-0.05, 0) is 18.3 Å². The maximum atomic E-state index is 5.52. The van der Waals surface area contributed by atoms with Gasteiger partial charge in [-0.3, -0.25) is 4.99 Å². The first-order valence-electron chi connectivity index (χ1n) is 7.05. The van der Waals surface area contributed by atoms with E-state index in [0.717, 1.165) is 31.3 Å². The number of nitrogens with one attached hydrogen (secondary N) is 1. The first kappa shape index (κ1) is 15.8. The first-order valence-corrected chi connectivity index (χ1v) is 8.04. The average molecular weight is 272 g/mol. The fraction of sp³-hybridized carbons (Fsp3) is 0.929. The van der Waals surface area contributed by atoms with E-state index >= 15 is 0 Å². The zero-order valence-corrected chi connectivity index (χ0v) is 13.1. The van der Waals surface area contributed by atoms with Gasteiger partial charge in [0.15, 0.2) is 5.17 Å². The van der Waals surface area contributed by atoms with Crippen LogP contribution in [0.2, 0.25) is 0 Å². The number of hydrogen-bond acceptors (Lipinski definition) is 3. The lowest BCUT2D eigenvalue weighted by molar-refractivity contribution is 0.139. The molecule has 0 spiro atoms. The van der Waals surface area contributed by atoms with Gasteiger partial charge in [0.2, 0.25) is 0 Å². The van der Waals surface area contributed by atoms with E-state index in [4.69, 9.17) is 4.74 Å². The van der Waals surface area contributed by atoms with Crippen LogP contribution < -0.4 is 5.32 Å². The van der Waals surface area contributed by atoms with Crippen LogP contribution >= 0.6 is 11.8 Å². The monoisotopic (exact) mass is 272 g/mol. The van der Waals surface area contributed by atoms with Crippen molar-refractivity contribution in [2.45, 2.75) is 53.0 Å². The number of aliphatic imine (C=N–C) groups is 1. The molecular weight excluding hydrogens is 244 g/mol. The molecule has 1 unspecified atom stereocenters. The molecule has 0 saturated carbocycles. The van der Waals surface area contributed by atoms with Gasteiger partial charge in [0, 0.05) is 18.4 Å². The van der Waals surface area contributed by atoms with Gasteiger partial charge in [0.05, 0.1) is 13.2 Å². The van der Waals surface area contributed by atoms with Crippen molar-refractivity contribution in [1.82, 2.24) is 5.32 Å². The molecule has 1 aliphatic heterocycles.